The molecule has 1 aromatic carbocycles. The molecule has 0 aliphatic rings. The number of nitrogens with zero attached hydrogens (tertiary/aromatic N) is 2. The van der Waals surface area contributed by atoms with Gasteiger partial charge in [-0.3, -0.25) is 9.59 Å². The summed E-state index contributed by atoms with van der Waals surface area (Å²) in [6.07, 6.45) is 0. The summed E-state index contributed by atoms with van der Waals surface area (Å²) in [5, 5.41) is 31.5. The Morgan fingerprint density at radius 2 is 1.27 bits per heavy atom. The molecule has 2 aromatic heterocycles. The van der Waals surface area contributed by atoms with Gasteiger partial charge >= 0.3 is 0 Å². The standard InChI is InChI=1S/C23H26N2O5/c1-5-24-13(3)10-17(27)20(22(24)29)19(15-8-7-9-16(26)12-15)21-18(28)11-14(4)25(6-2)23(21)30/h7-12,19,26-28H,5-6H2,1-4H3. The highest BCUT2D eigenvalue weighted by Gasteiger charge is 2.31. The lowest BCUT2D eigenvalue weighted by molar-refractivity contribution is 0.448. The molecular weight excluding hydrogens is 384 g/mol. The van der Waals surface area contributed by atoms with Crippen molar-refractivity contribution in [2.45, 2.75) is 46.7 Å². The maximum Gasteiger partial charge on any atom is 0.258 e. The van der Waals surface area contributed by atoms with Gasteiger partial charge < -0.3 is 24.5 Å². The normalized spacial score (nSPS) is 11.2. The van der Waals surface area contributed by atoms with Crippen LogP contribution in [0.15, 0.2) is 46.0 Å². The summed E-state index contributed by atoms with van der Waals surface area (Å²) in [6, 6.07) is 9.08. The Balaban J connectivity index is 2.49. The predicted molar refractivity (Wildman–Crippen MR) is 115 cm³/mol. The third-order valence-electron chi connectivity index (χ3n) is 5.46. The molecule has 3 N–H and O–H groups in total. The van der Waals surface area contributed by atoms with Crippen molar-refractivity contribution in [3.63, 3.8) is 0 Å². The summed E-state index contributed by atoms with van der Waals surface area (Å²) in [7, 11) is 0. The van der Waals surface area contributed by atoms with Gasteiger partial charge in [-0.05, 0) is 57.5 Å². The van der Waals surface area contributed by atoms with E-state index in [-0.39, 0.29) is 28.4 Å². The lowest BCUT2D eigenvalue weighted by atomic mass is 9.84. The van der Waals surface area contributed by atoms with Crippen molar-refractivity contribution in [3.05, 3.63) is 85.2 Å². The van der Waals surface area contributed by atoms with Crippen LogP contribution >= 0.6 is 0 Å². The minimum atomic E-state index is -1.06. The fourth-order valence-corrected chi connectivity index (χ4v) is 4.05. The maximum absolute atomic E-state index is 13.3. The van der Waals surface area contributed by atoms with Crippen LogP contribution in [0, 0.1) is 13.8 Å². The van der Waals surface area contributed by atoms with E-state index >= 15 is 0 Å². The largest absolute Gasteiger partial charge is 0.508 e. The van der Waals surface area contributed by atoms with Gasteiger partial charge in [-0.15, -0.1) is 0 Å². The zero-order valence-corrected chi connectivity index (χ0v) is 17.5. The van der Waals surface area contributed by atoms with Crippen molar-refractivity contribution < 1.29 is 15.3 Å². The van der Waals surface area contributed by atoms with Crippen molar-refractivity contribution in [3.8, 4) is 17.2 Å². The minimum Gasteiger partial charge on any atom is -0.508 e. The first-order valence-electron chi connectivity index (χ1n) is 9.86. The van der Waals surface area contributed by atoms with Crippen LogP contribution in [0.4, 0.5) is 0 Å². The molecule has 0 fully saturated rings. The highest BCUT2D eigenvalue weighted by molar-refractivity contribution is 5.53. The Kier molecular flexibility index (Phi) is 5.73. The zero-order chi connectivity index (χ0) is 22.2. The lowest BCUT2D eigenvalue weighted by Gasteiger charge is -2.23. The Morgan fingerprint density at radius 1 is 0.800 bits per heavy atom. The molecule has 2 heterocycles. The summed E-state index contributed by atoms with van der Waals surface area (Å²) in [6.45, 7) is 7.81. The smallest absolute Gasteiger partial charge is 0.258 e. The first kappa shape index (κ1) is 21.2. The van der Waals surface area contributed by atoms with Crippen LogP contribution in [0.2, 0.25) is 0 Å². The molecule has 0 saturated carbocycles. The molecule has 0 saturated heterocycles. The van der Waals surface area contributed by atoms with E-state index < -0.39 is 17.0 Å². The second-order valence-corrected chi connectivity index (χ2v) is 7.30. The molecule has 0 bridgehead atoms. The average molecular weight is 410 g/mol. The van der Waals surface area contributed by atoms with Gasteiger partial charge in [0.1, 0.15) is 17.2 Å². The van der Waals surface area contributed by atoms with E-state index in [0.717, 1.165) is 0 Å². The van der Waals surface area contributed by atoms with Crippen molar-refractivity contribution in [2.24, 2.45) is 0 Å². The molecule has 7 heteroatoms. The summed E-state index contributed by atoms with van der Waals surface area (Å²) < 4.78 is 2.99. The van der Waals surface area contributed by atoms with E-state index in [1.807, 2.05) is 13.8 Å². The van der Waals surface area contributed by atoms with E-state index in [0.29, 0.717) is 30.0 Å². The van der Waals surface area contributed by atoms with Crippen LogP contribution in [0.3, 0.4) is 0 Å². The number of benzene rings is 1. The van der Waals surface area contributed by atoms with Crippen LogP contribution < -0.4 is 11.1 Å². The van der Waals surface area contributed by atoms with Gasteiger partial charge in [0.2, 0.25) is 0 Å². The molecule has 0 aliphatic heterocycles. The highest BCUT2D eigenvalue weighted by Crippen LogP contribution is 2.38. The number of phenols is 1. The van der Waals surface area contributed by atoms with Gasteiger partial charge in [0.05, 0.1) is 17.0 Å². The number of rotatable bonds is 5. The summed E-state index contributed by atoms with van der Waals surface area (Å²) >= 11 is 0. The fraction of sp³-hybridized carbons (Fsp3) is 0.304. The number of aryl methyl sites for hydroxylation is 2. The molecular formula is C23H26N2O5. The van der Waals surface area contributed by atoms with Crippen molar-refractivity contribution in [1.29, 1.82) is 0 Å². The number of aromatic hydroxyl groups is 3. The second-order valence-electron chi connectivity index (χ2n) is 7.30. The monoisotopic (exact) mass is 410 g/mol. The van der Waals surface area contributed by atoms with Crippen molar-refractivity contribution >= 4 is 0 Å². The number of aromatic nitrogens is 2. The van der Waals surface area contributed by atoms with Crippen LogP contribution in [0.25, 0.3) is 0 Å². The summed E-state index contributed by atoms with van der Waals surface area (Å²) in [4.78, 5) is 26.6. The first-order chi connectivity index (χ1) is 14.2. The molecule has 0 amide bonds. The Bertz CT molecular complexity index is 1150. The quantitative estimate of drug-likeness (QED) is 0.600. The Labute approximate surface area is 174 Å². The van der Waals surface area contributed by atoms with Crippen LogP contribution in [0.1, 0.15) is 47.8 Å². The molecule has 0 aliphatic carbocycles. The van der Waals surface area contributed by atoms with Crippen molar-refractivity contribution in [1.82, 2.24) is 9.13 Å². The third kappa shape index (κ3) is 3.47. The topological polar surface area (TPSA) is 105 Å². The van der Waals surface area contributed by atoms with Gasteiger partial charge in [-0.2, -0.15) is 0 Å². The molecule has 3 aromatic rings. The predicted octanol–water partition coefficient (Wildman–Crippen LogP) is 2.96. The summed E-state index contributed by atoms with van der Waals surface area (Å²) in [5.74, 6) is -1.65. The highest BCUT2D eigenvalue weighted by atomic mass is 16.3. The van der Waals surface area contributed by atoms with Gasteiger partial charge in [0, 0.05) is 24.5 Å². The van der Waals surface area contributed by atoms with Crippen molar-refractivity contribution in [2.75, 3.05) is 0 Å². The molecule has 0 unspecified atom stereocenters. The number of pyridine rings is 2. The molecule has 0 radical (unpaired) electrons. The first-order valence-corrected chi connectivity index (χ1v) is 9.86. The molecule has 3 rings (SSSR count). The van der Waals surface area contributed by atoms with E-state index in [9.17, 15) is 24.9 Å². The SMILES string of the molecule is CCn1c(C)cc(O)c(C(c2cccc(O)c2)c2c(O)cc(C)n(CC)c2=O)c1=O. The van der Waals surface area contributed by atoms with Gasteiger partial charge in [0.15, 0.2) is 0 Å². The molecule has 30 heavy (non-hydrogen) atoms. The zero-order valence-electron chi connectivity index (χ0n) is 17.5. The molecule has 158 valence electrons. The van der Waals surface area contributed by atoms with Crippen LogP contribution in [-0.4, -0.2) is 24.5 Å². The van der Waals surface area contributed by atoms with Crippen LogP contribution in [-0.2, 0) is 13.1 Å². The van der Waals surface area contributed by atoms with E-state index in [2.05, 4.69) is 0 Å². The molecule has 0 spiro atoms. The third-order valence-corrected chi connectivity index (χ3v) is 5.46. The summed E-state index contributed by atoms with van der Waals surface area (Å²) in [5.41, 5.74) is 0.623. The molecule has 0 atom stereocenters. The van der Waals surface area contributed by atoms with E-state index in [1.165, 1.54) is 33.4 Å². The maximum atomic E-state index is 13.3. The minimum absolute atomic E-state index is 0.0213. The number of hydrogen-bond donors (Lipinski definition) is 3. The van der Waals surface area contributed by atoms with Gasteiger partial charge in [0.25, 0.3) is 11.1 Å². The second kappa shape index (κ2) is 8.10. The van der Waals surface area contributed by atoms with Crippen LogP contribution in [0.5, 0.6) is 17.2 Å². The Morgan fingerprint density at radius 3 is 1.67 bits per heavy atom. The number of phenolic OH excluding ortho intramolecular Hbond substituents is 1. The van der Waals surface area contributed by atoms with E-state index in [1.54, 1.807) is 26.0 Å². The Hall–Kier alpha value is -3.48. The van der Waals surface area contributed by atoms with E-state index in [4.69, 9.17) is 0 Å². The van der Waals surface area contributed by atoms with Gasteiger partial charge in [-0.1, -0.05) is 12.1 Å². The lowest BCUT2D eigenvalue weighted by Crippen LogP contribution is -2.32. The van der Waals surface area contributed by atoms with Gasteiger partial charge in [-0.25, -0.2) is 0 Å². The molecule has 7 nitrogen and oxygen atoms in total. The number of hydrogen-bond acceptors (Lipinski definition) is 5. The fourth-order valence-electron chi connectivity index (χ4n) is 4.05. The average Bonchev–Trinajstić information content (AvgIpc) is 2.66.